The third-order valence-corrected chi connectivity index (χ3v) is 11.9. The highest BCUT2D eigenvalue weighted by Crippen LogP contribution is 2.56. The molecule has 288 valence electrons. The molecule has 4 aliphatic heterocycles. The molecule has 0 radical (unpaired) electrons. The number of carbonyl (C=O) groups excluding carboxylic acids is 3. The summed E-state index contributed by atoms with van der Waals surface area (Å²) in [6, 6.07) is 5.87. The first-order valence-corrected chi connectivity index (χ1v) is 19.1. The molecule has 2 fully saturated rings. The van der Waals surface area contributed by atoms with Crippen molar-refractivity contribution in [1.82, 2.24) is 4.90 Å². The standard InChI is InChI=1S/C42H50N2O10/c1-5-52-41(48)40-30(22-45)35(26-8-10-33(47)28(20-26)24-7-9-32-25(19-24)11-14-43-32)36-38(51-4)29-21-34(53-37(29)31(23-46)39(36)54-40)42(2,49)27-12-16-44(17-13-27)15-6-18-50-3/h7,9,11,19,22,27-28,34,46,49H,5-6,8,10,12-18,20-21,23H2,1-4H3/b35-26-/t28-,34-,42+/m0/s1. The Morgan fingerprint density at radius 2 is 1.94 bits per heavy atom. The molecule has 54 heavy (non-hydrogen) atoms. The number of likely N-dealkylation sites (tertiary alicyclic amines) is 1. The lowest BCUT2D eigenvalue weighted by molar-refractivity contribution is -0.141. The van der Waals surface area contributed by atoms with Crippen molar-refractivity contribution in [2.75, 3.05) is 53.6 Å². The molecule has 2 N–H and O–H groups in total. The van der Waals surface area contributed by atoms with Crippen LogP contribution >= 0.6 is 0 Å². The number of Topliss-reactive ketones (excluding diaryl/α,β-unsaturated/α-hetero) is 1. The number of aldehydes is 1. The number of rotatable bonds is 12. The van der Waals surface area contributed by atoms with Gasteiger partial charge >= 0.3 is 5.97 Å². The monoisotopic (exact) mass is 742 g/mol. The van der Waals surface area contributed by atoms with E-state index in [1.54, 1.807) is 14.0 Å². The first kappa shape index (κ1) is 37.9. The van der Waals surface area contributed by atoms with Gasteiger partial charge in [0.05, 0.1) is 48.9 Å². The molecule has 1 saturated heterocycles. The van der Waals surface area contributed by atoms with E-state index in [-0.39, 0.29) is 53.8 Å². The molecule has 2 aromatic rings. The first-order valence-electron chi connectivity index (χ1n) is 19.1. The highest BCUT2D eigenvalue weighted by atomic mass is 16.6. The molecule has 2 aromatic carbocycles. The molecule has 1 aliphatic carbocycles. The van der Waals surface area contributed by atoms with Crippen molar-refractivity contribution < 1.29 is 48.3 Å². The smallest absolute Gasteiger partial charge is 0.375 e. The highest BCUT2D eigenvalue weighted by Gasteiger charge is 2.49. The number of nitrogens with zero attached hydrogens (tertiary/aromatic N) is 2. The number of aliphatic hydroxyl groups excluding tert-OH is 1. The lowest BCUT2D eigenvalue weighted by atomic mass is 9.75. The summed E-state index contributed by atoms with van der Waals surface area (Å²) in [4.78, 5) is 47.0. The molecule has 7 rings (SSSR count). The second-order valence-electron chi connectivity index (χ2n) is 14.9. The van der Waals surface area contributed by atoms with Gasteiger partial charge in [-0.2, -0.15) is 0 Å². The summed E-state index contributed by atoms with van der Waals surface area (Å²) in [5.41, 5.74) is 2.16. The van der Waals surface area contributed by atoms with Crippen LogP contribution in [0.5, 0.6) is 17.2 Å². The zero-order chi connectivity index (χ0) is 38.1. The quantitative estimate of drug-likeness (QED) is 0.188. The average Bonchev–Trinajstić information content (AvgIpc) is 3.85. The number of ether oxygens (including phenoxy) is 5. The van der Waals surface area contributed by atoms with Gasteiger partial charge in [0.25, 0.3) is 0 Å². The number of hydrogen-bond acceptors (Lipinski definition) is 12. The number of benzene rings is 2. The van der Waals surface area contributed by atoms with E-state index >= 15 is 0 Å². The maximum absolute atomic E-state index is 13.5. The SMILES string of the molecule is CCOC(=O)C1=C(C=O)/C(=C2\CCC(=O)[C@H](c3ccc4c(c3)=CCN=4)C2)c2c(OC)c3c(c(CO)c2O1)O[C@H]([C@](C)(O)C1CCN(CCCOC)CC1)C3. The highest BCUT2D eigenvalue weighted by molar-refractivity contribution is 6.11. The Bertz CT molecular complexity index is 2020. The number of hydrogen-bond donors (Lipinski definition) is 2. The maximum Gasteiger partial charge on any atom is 0.375 e. The number of piperidine rings is 1. The van der Waals surface area contributed by atoms with Crippen LogP contribution in [-0.2, 0) is 36.9 Å². The number of carbonyl (C=O) groups is 3. The van der Waals surface area contributed by atoms with Crippen LogP contribution in [0.25, 0.3) is 11.6 Å². The fourth-order valence-corrected chi connectivity index (χ4v) is 8.98. The van der Waals surface area contributed by atoms with E-state index in [0.717, 1.165) is 60.6 Å². The normalized spacial score (nSPS) is 23.6. The summed E-state index contributed by atoms with van der Waals surface area (Å²) < 4.78 is 29.6. The van der Waals surface area contributed by atoms with Crippen molar-refractivity contribution in [1.29, 1.82) is 0 Å². The zero-order valence-electron chi connectivity index (χ0n) is 31.6. The number of aliphatic hydroxyl groups is 2. The molecule has 0 aromatic heterocycles. The molecule has 4 heterocycles. The van der Waals surface area contributed by atoms with Crippen molar-refractivity contribution in [3.8, 4) is 17.2 Å². The van der Waals surface area contributed by atoms with E-state index in [1.165, 1.54) is 7.11 Å². The van der Waals surface area contributed by atoms with Gasteiger partial charge in [0.15, 0.2) is 6.29 Å². The van der Waals surface area contributed by atoms with Crippen LogP contribution in [0, 0.1) is 5.92 Å². The fraction of sp³-hybridized carbons (Fsp3) is 0.524. The van der Waals surface area contributed by atoms with Gasteiger partial charge in [-0.05, 0) is 87.9 Å². The van der Waals surface area contributed by atoms with Gasteiger partial charge in [-0.25, -0.2) is 4.79 Å². The van der Waals surface area contributed by atoms with Crippen molar-refractivity contribution in [2.45, 2.75) is 83.0 Å². The Balaban J connectivity index is 1.31. The maximum atomic E-state index is 13.5. The lowest BCUT2D eigenvalue weighted by Crippen LogP contribution is -2.52. The van der Waals surface area contributed by atoms with Crippen molar-refractivity contribution >= 4 is 29.7 Å². The molecule has 12 heteroatoms. The van der Waals surface area contributed by atoms with Gasteiger partial charge < -0.3 is 38.8 Å². The fourth-order valence-electron chi connectivity index (χ4n) is 8.98. The van der Waals surface area contributed by atoms with E-state index in [9.17, 15) is 24.6 Å². The summed E-state index contributed by atoms with van der Waals surface area (Å²) in [6.45, 7) is 6.96. The minimum Gasteiger partial charge on any atom is -0.496 e. The van der Waals surface area contributed by atoms with Crippen LogP contribution in [0.1, 0.15) is 80.5 Å². The Morgan fingerprint density at radius 1 is 1.15 bits per heavy atom. The van der Waals surface area contributed by atoms with Crippen LogP contribution in [0.15, 0.2) is 40.1 Å². The summed E-state index contributed by atoms with van der Waals surface area (Å²) in [7, 11) is 3.23. The van der Waals surface area contributed by atoms with Gasteiger partial charge in [-0.15, -0.1) is 0 Å². The lowest BCUT2D eigenvalue weighted by Gasteiger charge is -2.42. The third-order valence-electron chi connectivity index (χ3n) is 11.9. The summed E-state index contributed by atoms with van der Waals surface area (Å²) >= 11 is 0. The molecule has 0 spiro atoms. The number of methoxy groups -OCH3 is 2. The van der Waals surface area contributed by atoms with Gasteiger partial charge in [0.2, 0.25) is 5.76 Å². The van der Waals surface area contributed by atoms with Crippen molar-refractivity contribution in [3.05, 3.63) is 67.9 Å². The molecule has 3 atom stereocenters. The molecule has 0 bridgehead atoms. The largest absolute Gasteiger partial charge is 0.496 e. The molecule has 0 amide bonds. The minimum absolute atomic E-state index is 0.00741. The van der Waals surface area contributed by atoms with Crippen LogP contribution in [-0.4, -0.2) is 98.5 Å². The number of fused-ring (bicyclic) bond motifs is 3. The molecular weight excluding hydrogens is 692 g/mol. The Labute approximate surface area is 315 Å². The summed E-state index contributed by atoms with van der Waals surface area (Å²) in [5.74, 6) is -0.760. The predicted molar refractivity (Wildman–Crippen MR) is 199 cm³/mol. The van der Waals surface area contributed by atoms with E-state index < -0.39 is 30.2 Å². The van der Waals surface area contributed by atoms with Crippen LogP contribution < -0.4 is 24.8 Å². The predicted octanol–water partition coefficient (Wildman–Crippen LogP) is 3.10. The van der Waals surface area contributed by atoms with Crippen LogP contribution in [0.4, 0.5) is 0 Å². The average molecular weight is 743 g/mol. The van der Waals surface area contributed by atoms with E-state index in [4.69, 9.17) is 23.7 Å². The third kappa shape index (κ3) is 6.78. The van der Waals surface area contributed by atoms with Gasteiger partial charge in [0.1, 0.15) is 34.7 Å². The Kier molecular flexibility index (Phi) is 11.1. The summed E-state index contributed by atoms with van der Waals surface area (Å²) in [5, 5.41) is 25.0. The topological polar surface area (TPSA) is 153 Å². The molecule has 12 nitrogen and oxygen atoms in total. The second-order valence-corrected chi connectivity index (χ2v) is 14.9. The number of allylic oxidation sites excluding steroid dienone is 3. The molecular formula is C42H50N2O10. The van der Waals surface area contributed by atoms with E-state index in [0.29, 0.717) is 60.5 Å². The molecule has 0 unspecified atom stereocenters. The van der Waals surface area contributed by atoms with E-state index in [1.807, 2.05) is 31.2 Å². The van der Waals surface area contributed by atoms with Crippen LogP contribution in [0.2, 0.25) is 0 Å². The number of esters is 1. The van der Waals surface area contributed by atoms with Crippen LogP contribution in [0.3, 0.4) is 0 Å². The minimum atomic E-state index is -1.22. The van der Waals surface area contributed by atoms with Crippen molar-refractivity contribution in [2.24, 2.45) is 10.9 Å². The van der Waals surface area contributed by atoms with Crippen molar-refractivity contribution in [3.63, 3.8) is 0 Å². The van der Waals surface area contributed by atoms with Gasteiger partial charge in [-0.1, -0.05) is 17.7 Å². The van der Waals surface area contributed by atoms with Gasteiger partial charge in [0, 0.05) is 50.2 Å². The van der Waals surface area contributed by atoms with E-state index in [2.05, 4.69) is 9.89 Å². The zero-order valence-corrected chi connectivity index (χ0v) is 31.6. The van der Waals surface area contributed by atoms with Gasteiger partial charge in [-0.3, -0.25) is 14.6 Å². The first-order chi connectivity index (χ1) is 26.1. The Hall–Kier alpha value is -4.36. The second kappa shape index (κ2) is 15.8. The molecule has 5 aliphatic rings. The summed E-state index contributed by atoms with van der Waals surface area (Å²) in [6.07, 6.45) is 5.64. The Morgan fingerprint density at radius 3 is 2.65 bits per heavy atom. The number of ketones is 1. The molecule has 1 saturated carbocycles.